The number of rotatable bonds is 7. The number of aryl methyl sites for hydroxylation is 1. The van der Waals surface area contributed by atoms with Gasteiger partial charge in [-0.1, -0.05) is 41.9 Å². The third-order valence-corrected chi connectivity index (χ3v) is 4.83. The van der Waals surface area contributed by atoms with Crippen molar-refractivity contribution in [2.24, 2.45) is 0 Å². The van der Waals surface area contributed by atoms with Gasteiger partial charge in [0.15, 0.2) is 6.61 Å². The van der Waals surface area contributed by atoms with Crippen LogP contribution in [0.1, 0.15) is 21.6 Å². The number of hydrogen-bond donors (Lipinski definition) is 1. The van der Waals surface area contributed by atoms with E-state index in [0.29, 0.717) is 29.2 Å². The largest absolute Gasteiger partial charge is 0.484 e. The van der Waals surface area contributed by atoms with Crippen LogP contribution in [0, 0.1) is 6.92 Å². The topological polar surface area (TPSA) is 76.5 Å². The molecule has 2 aromatic carbocycles. The van der Waals surface area contributed by atoms with Crippen LogP contribution >= 0.6 is 11.6 Å². The van der Waals surface area contributed by atoms with Crippen molar-refractivity contribution < 1.29 is 14.3 Å². The Labute approximate surface area is 180 Å². The number of anilines is 1. The van der Waals surface area contributed by atoms with Gasteiger partial charge in [0.25, 0.3) is 11.8 Å². The second kappa shape index (κ2) is 9.45. The van der Waals surface area contributed by atoms with Gasteiger partial charge in [0.05, 0.1) is 17.8 Å². The smallest absolute Gasteiger partial charge is 0.260 e. The fourth-order valence-electron chi connectivity index (χ4n) is 2.77. The van der Waals surface area contributed by atoms with Crippen molar-refractivity contribution in [3.63, 3.8) is 0 Å². The Bertz CT molecular complexity index is 1030. The lowest BCUT2D eigenvalue weighted by Crippen LogP contribution is -2.27. The molecule has 8 heteroatoms. The molecular weight excluding hydrogens is 404 g/mol. The van der Waals surface area contributed by atoms with Gasteiger partial charge in [0.2, 0.25) is 0 Å². The summed E-state index contributed by atoms with van der Waals surface area (Å²) >= 11 is 6.45. The summed E-state index contributed by atoms with van der Waals surface area (Å²) < 4.78 is 7.04. The number of nitrogens with one attached hydrogen (secondary N) is 1. The Kier molecular flexibility index (Phi) is 6.74. The van der Waals surface area contributed by atoms with Gasteiger partial charge in [-0.15, -0.1) is 0 Å². The molecule has 0 bridgehead atoms. The highest BCUT2D eigenvalue weighted by molar-refractivity contribution is 6.33. The zero-order valence-corrected chi connectivity index (χ0v) is 17.8. The van der Waals surface area contributed by atoms with Gasteiger partial charge >= 0.3 is 0 Å². The van der Waals surface area contributed by atoms with Crippen molar-refractivity contribution in [3.05, 3.63) is 76.6 Å². The van der Waals surface area contributed by atoms with E-state index in [1.807, 2.05) is 30.3 Å². The maximum Gasteiger partial charge on any atom is 0.260 e. The number of hydrogen-bond acceptors (Lipinski definition) is 4. The summed E-state index contributed by atoms with van der Waals surface area (Å²) in [6.07, 6.45) is 0. The molecule has 0 unspecified atom stereocenters. The average Bonchev–Trinajstić information content (AvgIpc) is 3.00. The number of aromatic nitrogens is 2. The molecule has 0 saturated heterocycles. The number of benzene rings is 2. The molecule has 1 N–H and O–H groups in total. The van der Waals surface area contributed by atoms with Crippen LogP contribution in [0.25, 0.3) is 0 Å². The molecule has 0 spiro atoms. The van der Waals surface area contributed by atoms with Crippen LogP contribution in [0.4, 0.5) is 5.69 Å². The first kappa shape index (κ1) is 21.4. The van der Waals surface area contributed by atoms with E-state index in [-0.39, 0.29) is 23.6 Å². The number of ether oxygens (including phenoxy) is 1. The van der Waals surface area contributed by atoms with Gasteiger partial charge < -0.3 is 15.0 Å². The molecule has 7 nitrogen and oxygen atoms in total. The number of carbonyl (C=O) groups is 2. The van der Waals surface area contributed by atoms with Crippen LogP contribution in [-0.4, -0.2) is 47.2 Å². The van der Waals surface area contributed by atoms with E-state index in [4.69, 9.17) is 16.3 Å². The Morgan fingerprint density at radius 2 is 1.77 bits per heavy atom. The minimum Gasteiger partial charge on any atom is -0.484 e. The Hall–Kier alpha value is -3.32. The average molecular weight is 427 g/mol. The normalized spacial score (nSPS) is 10.5. The highest BCUT2D eigenvalue weighted by atomic mass is 35.5. The Balaban J connectivity index is 1.66. The van der Waals surface area contributed by atoms with E-state index in [2.05, 4.69) is 10.4 Å². The molecule has 0 atom stereocenters. The van der Waals surface area contributed by atoms with Crippen molar-refractivity contribution in [1.82, 2.24) is 14.7 Å². The summed E-state index contributed by atoms with van der Waals surface area (Å²) in [5.74, 6) is 0.0615. The van der Waals surface area contributed by atoms with E-state index < -0.39 is 0 Å². The monoisotopic (exact) mass is 426 g/mol. The second-order valence-electron chi connectivity index (χ2n) is 6.95. The minimum atomic E-state index is -0.340. The van der Waals surface area contributed by atoms with Gasteiger partial charge in [0.1, 0.15) is 10.9 Å². The van der Waals surface area contributed by atoms with Gasteiger partial charge in [-0.3, -0.25) is 9.59 Å². The van der Waals surface area contributed by atoms with E-state index in [0.717, 1.165) is 5.56 Å². The van der Waals surface area contributed by atoms with Crippen LogP contribution in [0.2, 0.25) is 5.15 Å². The summed E-state index contributed by atoms with van der Waals surface area (Å²) in [4.78, 5) is 25.8. The summed E-state index contributed by atoms with van der Waals surface area (Å²) in [7, 11) is 3.33. The second-order valence-corrected chi connectivity index (χ2v) is 7.31. The highest BCUT2D eigenvalue weighted by Gasteiger charge is 2.20. The standard InChI is InChI=1S/C22H23ClN4O3/c1-15-20(21(23)27(25-15)13-16-7-5-4-6-8-16)22(29)24-17-9-11-18(12-10-17)30-14-19(28)26(2)3/h4-12H,13-14H2,1-3H3,(H,24,29). The molecule has 3 aromatic rings. The summed E-state index contributed by atoms with van der Waals surface area (Å²) in [5, 5.41) is 7.51. The molecule has 2 amide bonds. The summed E-state index contributed by atoms with van der Waals surface area (Å²) in [5.41, 5.74) is 2.51. The van der Waals surface area contributed by atoms with Crippen molar-refractivity contribution >= 4 is 29.1 Å². The van der Waals surface area contributed by atoms with Crippen molar-refractivity contribution in [2.45, 2.75) is 13.5 Å². The van der Waals surface area contributed by atoms with E-state index in [1.54, 1.807) is 50.0 Å². The zero-order valence-electron chi connectivity index (χ0n) is 17.1. The Morgan fingerprint density at radius 3 is 2.40 bits per heavy atom. The SMILES string of the molecule is Cc1nn(Cc2ccccc2)c(Cl)c1C(=O)Nc1ccc(OCC(=O)N(C)C)cc1. The number of amides is 2. The predicted octanol–water partition coefficient (Wildman–Crippen LogP) is 3.61. The van der Waals surface area contributed by atoms with Crippen LogP contribution < -0.4 is 10.1 Å². The molecule has 0 radical (unpaired) electrons. The molecule has 0 aliphatic heterocycles. The number of carbonyl (C=O) groups excluding carboxylic acids is 2. The predicted molar refractivity (Wildman–Crippen MR) is 116 cm³/mol. The lowest BCUT2D eigenvalue weighted by Gasteiger charge is -2.11. The minimum absolute atomic E-state index is 0.0475. The fourth-order valence-corrected chi connectivity index (χ4v) is 3.09. The molecule has 1 aromatic heterocycles. The maximum absolute atomic E-state index is 12.8. The number of likely N-dealkylation sites (N-methyl/N-ethyl adjacent to an activating group) is 1. The van der Waals surface area contributed by atoms with Crippen LogP contribution in [-0.2, 0) is 11.3 Å². The summed E-state index contributed by atoms with van der Waals surface area (Å²) in [6, 6.07) is 16.5. The number of halogens is 1. The molecule has 3 rings (SSSR count). The van der Waals surface area contributed by atoms with Gasteiger partial charge in [0, 0.05) is 19.8 Å². The first-order valence-corrected chi connectivity index (χ1v) is 9.74. The third-order valence-electron chi connectivity index (χ3n) is 4.44. The Morgan fingerprint density at radius 1 is 1.10 bits per heavy atom. The molecule has 30 heavy (non-hydrogen) atoms. The molecular formula is C22H23ClN4O3. The molecule has 156 valence electrons. The van der Waals surface area contributed by atoms with E-state index >= 15 is 0 Å². The number of nitrogens with zero attached hydrogens (tertiary/aromatic N) is 3. The van der Waals surface area contributed by atoms with Crippen molar-refractivity contribution in [1.29, 1.82) is 0 Å². The maximum atomic E-state index is 12.8. The molecule has 1 heterocycles. The molecule has 0 saturated carbocycles. The van der Waals surface area contributed by atoms with Crippen LogP contribution in [0.15, 0.2) is 54.6 Å². The zero-order chi connectivity index (χ0) is 21.7. The summed E-state index contributed by atoms with van der Waals surface area (Å²) in [6.45, 7) is 2.18. The highest BCUT2D eigenvalue weighted by Crippen LogP contribution is 2.23. The quantitative estimate of drug-likeness (QED) is 0.626. The lowest BCUT2D eigenvalue weighted by molar-refractivity contribution is -0.130. The first-order valence-electron chi connectivity index (χ1n) is 9.36. The van der Waals surface area contributed by atoms with E-state index in [1.165, 1.54) is 4.90 Å². The molecule has 0 aliphatic carbocycles. The van der Waals surface area contributed by atoms with Crippen molar-refractivity contribution in [2.75, 3.05) is 26.0 Å². The van der Waals surface area contributed by atoms with Crippen LogP contribution in [0.5, 0.6) is 5.75 Å². The van der Waals surface area contributed by atoms with Gasteiger partial charge in [-0.2, -0.15) is 5.10 Å². The molecule has 0 aliphatic rings. The van der Waals surface area contributed by atoms with Crippen molar-refractivity contribution in [3.8, 4) is 5.75 Å². The van der Waals surface area contributed by atoms with Crippen LogP contribution in [0.3, 0.4) is 0 Å². The van der Waals surface area contributed by atoms with Gasteiger partial charge in [-0.05, 0) is 36.8 Å². The lowest BCUT2D eigenvalue weighted by atomic mass is 10.2. The fraction of sp³-hybridized carbons (Fsp3) is 0.227. The first-order chi connectivity index (χ1) is 14.3. The van der Waals surface area contributed by atoms with E-state index in [9.17, 15) is 9.59 Å². The van der Waals surface area contributed by atoms with Gasteiger partial charge in [-0.25, -0.2) is 4.68 Å². The molecule has 0 fully saturated rings. The third kappa shape index (κ3) is 5.18.